The minimum Gasteiger partial charge on any atom is -0.398 e. The van der Waals surface area contributed by atoms with E-state index in [2.05, 4.69) is 9.98 Å². The summed E-state index contributed by atoms with van der Waals surface area (Å²) >= 11 is 0. The lowest BCUT2D eigenvalue weighted by molar-refractivity contribution is 0.144. The summed E-state index contributed by atoms with van der Waals surface area (Å²) in [4.78, 5) is 26.5. The van der Waals surface area contributed by atoms with Gasteiger partial charge in [0.2, 0.25) is 12.2 Å². The summed E-state index contributed by atoms with van der Waals surface area (Å²) in [5.74, 6) is 0. The molecule has 0 aromatic carbocycles. The first-order valence-corrected chi connectivity index (χ1v) is 7.01. The molecule has 0 aliphatic heterocycles. The SMILES string of the molecule is CCC[Si](C)(OC)OC(N=C=O)N=C=O. The van der Waals surface area contributed by atoms with Crippen LogP contribution < -0.4 is 0 Å². The first-order valence-electron chi connectivity index (χ1n) is 4.48. The Morgan fingerprint density at radius 2 is 1.87 bits per heavy atom. The highest BCUT2D eigenvalue weighted by Crippen LogP contribution is 2.17. The van der Waals surface area contributed by atoms with Gasteiger partial charge in [-0.05, 0) is 12.6 Å². The summed E-state index contributed by atoms with van der Waals surface area (Å²) in [6.07, 6.45) is 2.27. The normalized spacial score (nSPS) is 15.7. The molecule has 0 radical (unpaired) electrons. The Labute approximate surface area is 89.3 Å². The van der Waals surface area contributed by atoms with Crippen LogP contribution in [0.4, 0.5) is 0 Å². The molecule has 0 saturated carbocycles. The van der Waals surface area contributed by atoms with E-state index in [9.17, 15) is 9.59 Å². The Hall–Kier alpha value is -1.10. The fourth-order valence-corrected chi connectivity index (χ4v) is 2.94. The van der Waals surface area contributed by atoms with Crippen LogP contribution in [0.3, 0.4) is 0 Å². The summed E-state index contributed by atoms with van der Waals surface area (Å²) in [5.41, 5.74) is 0. The number of rotatable bonds is 7. The minimum atomic E-state index is -2.41. The van der Waals surface area contributed by atoms with Gasteiger partial charge in [-0.3, -0.25) is 0 Å². The molecule has 0 heterocycles. The molecule has 0 amide bonds. The Kier molecular flexibility index (Phi) is 6.69. The van der Waals surface area contributed by atoms with Crippen LogP contribution in [0.15, 0.2) is 9.98 Å². The van der Waals surface area contributed by atoms with E-state index in [1.807, 2.05) is 13.5 Å². The van der Waals surface area contributed by atoms with Crippen molar-refractivity contribution < 1.29 is 18.4 Å². The summed E-state index contributed by atoms with van der Waals surface area (Å²) in [7, 11) is -0.884. The van der Waals surface area contributed by atoms with Crippen LogP contribution in [-0.4, -0.2) is 34.2 Å². The molecule has 1 unspecified atom stereocenters. The third-order valence-corrected chi connectivity index (χ3v) is 4.80. The van der Waals surface area contributed by atoms with Crippen molar-refractivity contribution in [3.63, 3.8) is 0 Å². The highest BCUT2D eigenvalue weighted by molar-refractivity contribution is 6.66. The van der Waals surface area contributed by atoms with Crippen molar-refractivity contribution in [3.05, 3.63) is 0 Å². The van der Waals surface area contributed by atoms with Gasteiger partial charge in [0.15, 0.2) is 0 Å². The van der Waals surface area contributed by atoms with Gasteiger partial charge in [-0.1, -0.05) is 13.3 Å². The lowest BCUT2D eigenvalue weighted by Crippen LogP contribution is -2.40. The third kappa shape index (κ3) is 5.36. The first kappa shape index (κ1) is 13.9. The van der Waals surface area contributed by atoms with E-state index in [0.29, 0.717) is 0 Å². The van der Waals surface area contributed by atoms with E-state index in [1.165, 1.54) is 19.3 Å². The number of hydrogen-bond acceptors (Lipinski definition) is 6. The lowest BCUT2D eigenvalue weighted by Gasteiger charge is -2.25. The summed E-state index contributed by atoms with van der Waals surface area (Å²) in [5, 5.41) is 0. The largest absolute Gasteiger partial charge is 0.398 e. The number of hydrogen-bond donors (Lipinski definition) is 0. The molecular weight excluding hydrogens is 216 g/mol. The Morgan fingerprint density at radius 1 is 1.33 bits per heavy atom. The zero-order chi connectivity index (χ0) is 11.7. The molecule has 0 spiro atoms. The van der Waals surface area contributed by atoms with E-state index in [0.717, 1.165) is 12.5 Å². The molecule has 1 atom stereocenters. The first-order chi connectivity index (χ1) is 7.11. The zero-order valence-corrected chi connectivity index (χ0v) is 10.0. The molecule has 0 aliphatic rings. The van der Waals surface area contributed by atoms with Crippen LogP contribution in [0.1, 0.15) is 13.3 Å². The minimum absolute atomic E-state index is 0.725. The predicted molar refractivity (Wildman–Crippen MR) is 54.8 cm³/mol. The molecule has 15 heavy (non-hydrogen) atoms. The molecule has 6 nitrogen and oxygen atoms in total. The molecule has 0 aliphatic carbocycles. The van der Waals surface area contributed by atoms with E-state index in [1.54, 1.807) is 0 Å². The van der Waals surface area contributed by atoms with Gasteiger partial charge in [-0.25, -0.2) is 9.59 Å². The van der Waals surface area contributed by atoms with Crippen molar-refractivity contribution in [2.24, 2.45) is 9.98 Å². The molecule has 7 heteroatoms. The molecule has 0 bridgehead atoms. The second-order valence-corrected chi connectivity index (χ2v) is 6.38. The Bertz CT molecular complexity index is 268. The van der Waals surface area contributed by atoms with Gasteiger partial charge in [0.1, 0.15) is 0 Å². The van der Waals surface area contributed by atoms with Crippen molar-refractivity contribution in [1.29, 1.82) is 0 Å². The molecule has 0 rings (SSSR count). The van der Waals surface area contributed by atoms with Gasteiger partial charge >= 0.3 is 8.56 Å². The van der Waals surface area contributed by atoms with Crippen molar-refractivity contribution in [2.75, 3.05) is 7.11 Å². The van der Waals surface area contributed by atoms with Gasteiger partial charge in [0.25, 0.3) is 6.35 Å². The van der Waals surface area contributed by atoms with Crippen LogP contribution in [-0.2, 0) is 18.4 Å². The van der Waals surface area contributed by atoms with Gasteiger partial charge in [0, 0.05) is 7.11 Å². The number of carbonyl (C=O) groups excluding carboxylic acids is 2. The number of nitrogens with zero attached hydrogens (tertiary/aromatic N) is 2. The van der Waals surface area contributed by atoms with E-state index < -0.39 is 14.9 Å². The van der Waals surface area contributed by atoms with Crippen molar-refractivity contribution in [2.45, 2.75) is 32.3 Å². The van der Waals surface area contributed by atoms with E-state index in [-0.39, 0.29) is 0 Å². The molecule has 0 saturated heterocycles. The van der Waals surface area contributed by atoms with Crippen LogP contribution in [0.25, 0.3) is 0 Å². The molecule has 0 aromatic heterocycles. The monoisotopic (exact) mass is 230 g/mol. The topological polar surface area (TPSA) is 77.3 Å². The highest BCUT2D eigenvalue weighted by Gasteiger charge is 2.32. The smallest absolute Gasteiger partial charge is 0.337 e. The third-order valence-electron chi connectivity index (χ3n) is 1.82. The van der Waals surface area contributed by atoms with Crippen LogP contribution in [0, 0.1) is 0 Å². The molecular formula is C8H14N2O4Si. The van der Waals surface area contributed by atoms with Crippen molar-refractivity contribution in [1.82, 2.24) is 0 Å². The summed E-state index contributed by atoms with van der Waals surface area (Å²) < 4.78 is 10.6. The molecule has 84 valence electrons. The lowest BCUT2D eigenvalue weighted by atomic mass is 10.6. The van der Waals surface area contributed by atoms with Gasteiger partial charge in [-0.15, -0.1) is 0 Å². The fourth-order valence-electron chi connectivity index (χ4n) is 1.06. The summed E-state index contributed by atoms with van der Waals surface area (Å²) in [6, 6.07) is 0.725. The predicted octanol–water partition coefficient (Wildman–Crippen LogP) is 1.09. The van der Waals surface area contributed by atoms with E-state index >= 15 is 0 Å². The second-order valence-electron chi connectivity index (χ2n) is 2.97. The quantitative estimate of drug-likeness (QED) is 0.372. The molecule has 0 N–H and O–H groups in total. The average Bonchev–Trinajstić information content (AvgIpc) is 2.19. The number of isocyanates is 2. The molecule has 0 aromatic rings. The van der Waals surface area contributed by atoms with Gasteiger partial charge in [0.05, 0.1) is 0 Å². The maximum Gasteiger partial charge on any atom is 0.337 e. The fraction of sp³-hybridized carbons (Fsp3) is 0.750. The Balaban J connectivity index is 4.60. The average molecular weight is 230 g/mol. The van der Waals surface area contributed by atoms with Gasteiger partial charge in [-0.2, -0.15) is 9.98 Å². The zero-order valence-electron chi connectivity index (χ0n) is 9.02. The van der Waals surface area contributed by atoms with Crippen molar-refractivity contribution in [3.8, 4) is 0 Å². The highest BCUT2D eigenvalue weighted by atomic mass is 28.4. The van der Waals surface area contributed by atoms with Crippen LogP contribution in [0.5, 0.6) is 0 Å². The standard InChI is InChI=1S/C8H14N2O4Si/c1-4-5-15(3,13-2)14-8(9-6-11)10-7-12/h8H,4-5H2,1-3H3. The molecule has 0 fully saturated rings. The maximum absolute atomic E-state index is 10.0. The number of aliphatic imine (C=N–C) groups is 2. The Morgan fingerprint density at radius 3 is 2.20 bits per heavy atom. The summed E-state index contributed by atoms with van der Waals surface area (Å²) in [6.45, 7) is 3.79. The maximum atomic E-state index is 10.0. The van der Waals surface area contributed by atoms with Crippen LogP contribution in [0.2, 0.25) is 12.6 Å². The van der Waals surface area contributed by atoms with Crippen LogP contribution >= 0.6 is 0 Å². The van der Waals surface area contributed by atoms with Crippen molar-refractivity contribution >= 4 is 20.7 Å². The van der Waals surface area contributed by atoms with E-state index in [4.69, 9.17) is 8.85 Å². The van der Waals surface area contributed by atoms with Gasteiger partial charge < -0.3 is 8.85 Å². The second kappa shape index (κ2) is 7.22.